The summed E-state index contributed by atoms with van der Waals surface area (Å²) in [5.41, 5.74) is 3.69. The van der Waals surface area contributed by atoms with E-state index in [0.29, 0.717) is 18.7 Å². The van der Waals surface area contributed by atoms with E-state index < -0.39 is 5.97 Å². The van der Waals surface area contributed by atoms with Gasteiger partial charge in [-0.15, -0.1) is 0 Å². The van der Waals surface area contributed by atoms with E-state index in [9.17, 15) is 4.79 Å². The van der Waals surface area contributed by atoms with Gasteiger partial charge in [-0.1, -0.05) is 24.3 Å². The zero-order chi connectivity index (χ0) is 18.8. The number of benzene rings is 1. The lowest BCUT2D eigenvalue weighted by atomic mass is 10.1. The number of carbonyl (C=O) groups is 1. The summed E-state index contributed by atoms with van der Waals surface area (Å²) >= 11 is 0. The van der Waals surface area contributed by atoms with E-state index in [1.165, 1.54) is 0 Å². The van der Waals surface area contributed by atoms with Gasteiger partial charge < -0.3 is 13.9 Å². The predicted molar refractivity (Wildman–Crippen MR) is 103 cm³/mol. The Labute approximate surface area is 157 Å². The monoisotopic (exact) mass is 363 g/mol. The maximum absolute atomic E-state index is 10.7. The van der Waals surface area contributed by atoms with E-state index in [4.69, 9.17) is 13.9 Å². The summed E-state index contributed by atoms with van der Waals surface area (Å²) in [6, 6.07) is 7.80. The first kappa shape index (κ1) is 17.3. The Bertz CT molecular complexity index is 1050. The quantitative estimate of drug-likeness (QED) is 0.661. The van der Waals surface area contributed by atoms with Crippen LogP contribution in [0.2, 0.25) is 0 Å². The van der Waals surface area contributed by atoms with Gasteiger partial charge in [0.05, 0.1) is 12.1 Å². The first-order chi connectivity index (χ1) is 13.1. The Balaban J connectivity index is 1.55. The molecule has 0 radical (unpaired) electrons. The van der Waals surface area contributed by atoms with Crippen molar-refractivity contribution in [3.63, 3.8) is 0 Å². The fourth-order valence-electron chi connectivity index (χ4n) is 3.29. The summed E-state index contributed by atoms with van der Waals surface area (Å²) in [5, 5.41) is 9.81. The summed E-state index contributed by atoms with van der Waals surface area (Å²) in [6.07, 6.45) is 9.61. The second kappa shape index (κ2) is 7.27. The SMILES string of the molecule is Cc1oc(C2=CCCC=C2)nc1Cc1cc2cc(CCC(=O)O)ccc2o1. The van der Waals surface area contributed by atoms with Crippen LogP contribution in [0.25, 0.3) is 16.5 Å². The molecule has 0 saturated carbocycles. The molecule has 2 aromatic heterocycles. The van der Waals surface area contributed by atoms with Crippen molar-refractivity contribution in [2.75, 3.05) is 0 Å². The molecule has 0 bridgehead atoms. The summed E-state index contributed by atoms with van der Waals surface area (Å²) in [7, 11) is 0. The summed E-state index contributed by atoms with van der Waals surface area (Å²) in [6.45, 7) is 1.92. The zero-order valence-corrected chi connectivity index (χ0v) is 15.2. The molecule has 0 unspecified atom stereocenters. The average molecular weight is 363 g/mol. The minimum absolute atomic E-state index is 0.126. The van der Waals surface area contributed by atoms with Gasteiger partial charge in [-0.05, 0) is 49.9 Å². The molecule has 3 aromatic rings. The number of aromatic nitrogens is 1. The minimum atomic E-state index is -0.789. The number of oxazole rings is 1. The topological polar surface area (TPSA) is 76.5 Å². The van der Waals surface area contributed by atoms with Crippen molar-refractivity contribution < 1.29 is 18.7 Å². The molecule has 27 heavy (non-hydrogen) atoms. The van der Waals surface area contributed by atoms with Crippen LogP contribution in [-0.2, 0) is 17.6 Å². The highest BCUT2D eigenvalue weighted by molar-refractivity contribution is 5.79. The molecule has 1 aromatic carbocycles. The molecule has 0 amide bonds. The third kappa shape index (κ3) is 3.87. The number of hydrogen-bond acceptors (Lipinski definition) is 4. The Morgan fingerprint density at radius 2 is 2.11 bits per heavy atom. The van der Waals surface area contributed by atoms with Gasteiger partial charge in [0.15, 0.2) is 0 Å². The van der Waals surface area contributed by atoms with Crippen LogP contribution in [0.5, 0.6) is 0 Å². The standard InChI is InChI=1S/C22H21NO4/c1-14-19(23-22(26-14)16-5-3-2-4-6-16)13-18-12-17-11-15(8-10-21(24)25)7-9-20(17)27-18/h3,5-7,9,11-12H,2,4,8,10,13H2,1H3,(H,24,25). The molecule has 4 rings (SSSR count). The Kier molecular flexibility index (Phi) is 4.67. The van der Waals surface area contributed by atoms with E-state index >= 15 is 0 Å². The molecule has 5 heteroatoms. The van der Waals surface area contributed by atoms with Crippen molar-refractivity contribution in [1.29, 1.82) is 0 Å². The van der Waals surface area contributed by atoms with Crippen molar-refractivity contribution in [3.05, 3.63) is 71.2 Å². The molecule has 138 valence electrons. The van der Waals surface area contributed by atoms with Gasteiger partial charge in [0, 0.05) is 17.4 Å². The number of nitrogens with zero attached hydrogens (tertiary/aromatic N) is 1. The Morgan fingerprint density at radius 3 is 2.89 bits per heavy atom. The van der Waals surface area contributed by atoms with Crippen LogP contribution in [0.1, 0.15) is 47.9 Å². The van der Waals surface area contributed by atoms with Crippen molar-refractivity contribution in [2.45, 2.75) is 39.0 Å². The molecule has 1 aliphatic rings. The van der Waals surface area contributed by atoms with Gasteiger partial charge in [-0.3, -0.25) is 4.79 Å². The lowest BCUT2D eigenvalue weighted by Crippen LogP contribution is -1.96. The highest BCUT2D eigenvalue weighted by Gasteiger charge is 2.15. The highest BCUT2D eigenvalue weighted by atomic mass is 16.4. The van der Waals surface area contributed by atoms with Crippen LogP contribution in [0.4, 0.5) is 0 Å². The van der Waals surface area contributed by atoms with Gasteiger partial charge in [0.25, 0.3) is 0 Å². The number of furan rings is 1. The first-order valence-electron chi connectivity index (χ1n) is 9.15. The molecule has 1 aliphatic carbocycles. The lowest BCUT2D eigenvalue weighted by Gasteiger charge is -2.01. The normalized spacial score (nSPS) is 13.9. The molecule has 5 nitrogen and oxygen atoms in total. The van der Waals surface area contributed by atoms with Crippen LogP contribution in [0.15, 0.2) is 51.3 Å². The molecule has 2 heterocycles. The molecular formula is C22H21NO4. The van der Waals surface area contributed by atoms with E-state index in [1.807, 2.05) is 31.2 Å². The molecule has 0 aliphatic heterocycles. The van der Waals surface area contributed by atoms with Gasteiger partial charge in [-0.2, -0.15) is 0 Å². The Hall–Kier alpha value is -3.08. The van der Waals surface area contributed by atoms with Gasteiger partial charge in [0.2, 0.25) is 5.89 Å². The van der Waals surface area contributed by atoms with Crippen LogP contribution in [0.3, 0.4) is 0 Å². The lowest BCUT2D eigenvalue weighted by molar-refractivity contribution is -0.136. The van der Waals surface area contributed by atoms with E-state index in [0.717, 1.165) is 52.2 Å². The van der Waals surface area contributed by atoms with Crippen molar-refractivity contribution in [1.82, 2.24) is 4.98 Å². The number of aryl methyl sites for hydroxylation is 2. The number of allylic oxidation sites excluding steroid dienone is 4. The third-order valence-corrected chi connectivity index (χ3v) is 4.74. The van der Waals surface area contributed by atoms with E-state index in [2.05, 4.69) is 23.2 Å². The van der Waals surface area contributed by atoms with Gasteiger partial charge in [0.1, 0.15) is 17.1 Å². The van der Waals surface area contributed by atoms with Gasteiger partial charge >= 0.3 is 5.97 Å². The number of hydrogen-bond donors (Lipinski definition) is 1. The maximum Gasteiger partial charge on any atom is 0.303 e. The van der Waals surface area contributed by atoms with E-state index in [-0.39, 0.29) is 6.42 Å². The average Bonchev–Trinajstić information content (AvgIpc) is 3.23. The van der Waals surface area contributed by atoms with Crippen LogP contribution < -0.4 is 0 Å². The molecular weight excluding hydrogens is 342 g/mol. The van der Waals surface area contributed by atoms with Gasteiger partial charge in [-0.25, -0.2) is 4.98 Å². The number of rotatable bonds is 6. The summed E-state index contributed by atoms with van der Waals surface area (Å²) < 4.78 is 11.8. The Morgan fingerprint density at radius 1 is 1.22 bits per heavy atom. The fraction of sp³-hybridized carbons (Fsp3) is 0.273. The van der Waals surface area contributed by atoms with Crippen LogP contribution in [-0.4, -0.2) is 16.1 Å². The molecule has 0 saturated heterocycles. The number of carboxylic acid groups (broad SMARTS) is 1. The molecule has 0 spiro atoms. The molecule has 0 atom stereocenters. The number of aliphatic carboxylic acids is 1. The molecule has 0 fully saturated rings. The molecule has 1 N–H and O–H groups in total. The number of carboxylic acids is 1. The zero-order valence-electron chi connectivity index (χ0n) is 15.2. The van der Waals surface area contributed by atoms with E-state index in [1.54, 1.807) is 0 Å². The van der Waals surface area contributed by atoms with Crippen LogP contribution in [0, 0.1) is 6.92 Å². The fourth-order valence-corrected chi connectivity index (χ4v) is 3.29. The minimum Gasteiger partial charge on any atom is -0.481 e. The summed E-state index contributed by atoms with van der Waals surface area (Å²) in [5.74, 6) is 1.48. The summed E-state index contributed by atoms with van der Waals surface area (Å²) in [4.78, 5) is 15.4. The van der Waals surface area contributed by atoms with Crippen molar-refractivity contribution in [2.24, 2.45) is 0 Å². The maximum atomic E-state index is 10.7. The van der Waals surface area contributed by atoms with Crippen molar-refractivity contribution in [3.8, 4) is 0 Å². The largest absolute Gasteiger partial charge is 0.481 e. The predicted octanol–water partition coefficient (Wildman–Crippen LogP) is 5.07. The number of fused-ring (bicyclic) bond motifs is 1. The smallest absolute Gasteiger partial charge is 0.303 e. The third-order valence-electron chi connectivity index (χ3n) is 4.74. The second-order valence-electron chi connectivity index (χ2n) is 6.82. The second-order valence-corrected chi connectivity index (χ2v) is 6.82. The van der Waals surface area contributed by atoms with Crippen molar-refractivity contribution >= 4 is 22.5 Å². The first-order valence-corrected chi connectivity index (χ1v) is 9.15. The highest BCUT2D eigenvalue weighted by Crippen LogP contribution is 2.27. The van der Waals surface area contributed by atoms with Crippen LogP contribution >= 0.6 is 0 Å².